The van der Waals surface area contributed by atoms with Crippen LogP contribution in [-0.4, -0.2) is 52.1 Å². The molecule has 0 spiro atoms. The second kappa shape index (κ2) is 6.83. The van der Waals surface area contributed by atoms with E-state index in [0.29, 0.717) is 42.8 Å². The fraction of sp³-hybridized carbons (Fsp3) is 0.727. The molecule has 0 radical (unpaired) electrons. The number of thiophene rings is 1. The van der Waals surface area contributed by atoms with Crippen molar-refractivity contribution in [1.29, 1.82) is 0 Å². The number of carbonyl (C=O) groups excluding carboxylic acids is 2. The highest BCUT2D eigenvalue weighted by Gasteiger charge is 2.57. The molecule has 2 amide bonds. The number of piperazine rings is 1. The highest BCUT2D eigenvalue weighted by atomic mass is 79.9. The third-order valence-electron chi connectivity index (χ3n) is 7.51. The van der Waals surface area contributed by atoms with Gasteiger partial charge in [-0.2, -0.15) is 0 Å². The Labute approximate surface area is 179 Å². The lowest BCUT2D eigenvalue weighted by Gasteiger charge is -2.60. The number of rotatable bonds is 3. The topological polar surface area (TPSA) is 40.6 Å². The molecule has 4 nitrogen and oxygen atoms in total. The van der Waals surface area contributed by atoms with Crippen LogP contribution >= 0.6 is 27.3 Å². The SMILES string of the molecule is Cc1ccc(C(=O)N2CCN(C(=O)CC34CC5CC(CC(Br)(C5)C3)C4)CC2)s1. The van der Waals surface area contributed by atoms with E-state index in [1.54, 1.807) is 11.3 Å². The van der Waals surface area contributed by atoms with E-state index in [2.05, 4.69) is 15.9 Å². The number of hydrogen-bond acceptors (Lipinski definition) is 3. The number of amides is 2. The zero-order valence-corrected chi connectivity index (χ0v) is 19.0. The van der Waals surface area contributed by atoms with Crippen LogP contribution in [0.15, 0.2) is 12.1 Å². The quantitative estimate of drug-likeness (QED) is 0.619. The van der Waals surface area contributed by atoms with Gasteiger partial charge in [-0.05, 0) is 74.8 Å². The van der Waals surface area contributed by atoms with Gasteiger partial charge in [0, 0.05) is 41.8 Å². The first-order valence-electron chi connectivity index (χ1n) is 10.7. The molecule has 0 aromatic carbocycles. The first kappa shape index (κ1) is 19.1. The van der Waals surface area contributed by atoms with Gasteiger partial charge in [0.25, 0.3) is 5.91 Å². The molecule has 6 heteroatoms. The Morgan fingerprint density at radius 1 is 1.07 bits per heavy atom. The molecule has 5 fully saturated rings. The fourth-order valence-corrected chi connectivity index (χ4v) is 9.19. The van der Waals surface area contributed by atoms with Gasteiger partial charge in [0.1, 0.15) is 0 Å². The average molecular weight is 465 g/mol. The summed E-state index contributed by atoms with van der Waals surface area (Å²) in [5, 5.41) is 0. The molecule has 152 valence electrons. The van der Waals surface area contributed by atoms with E-state index >= 15 is 0 Å². The molecular formula is C22H29BrN2O2S. The molecule has 1 aromatic rings. The maximum absolute atomic E-state index is 13.1. The maximum atomic E-state index is 13.1. The molecule has 1 saturated heterocycles. The van der Waals surface area contributed by atoms with Gasteiger partial charge in [-0.3, -0.25) is 9.59 Å². The molecule has 1 aliphatic heterocycles. The van der Waals surface area contributed by atoms with E-state index in [4.69, 9.17) is 0 Å². The predicted molar refractivity (Wildman–Crippen MR) is 115 cm³/mol. The van der Waals surface area contributed by atoms with E-state index in [1.165, 1.54) is 38.5 Å². The molecule has 0 N–H and O–H groups in total. The van der Waals surface area contributed by atoms with Crippen molar-refractivity contribution >= 4 is 39.1 Å². The molecule has 2 unspecified atom stereocenters. The van der Waals surface area contributed by atoms with Gasteiger partial charge < -0.3 is 9.80 Å². The number of halogens is 1. The third-order valence-corrected chi connectivity index (χ3v) is 9.42. The van der Waals surface area contributed by atoms with Crippen LogP contribution in [0.3, 0.4) is 0 Å². The van der Waals surface area contributed by atoms with Crippen LogP contribution < -0.4 is 0 Å². The van der Waals surface area contributed by atoms with Crippen molar-refractivity contribution in [2.45, 2.75) is 56.2 Å². The largest absolute Gasteiger partial charge is 0.339 e. The monoisotopic (exact) mass is 464 g/mol. The van der Waals surface area contributed by atoms with Gasteiger partial charge in [0.2, 0.25) is 5.91 Å². The standard InChI is InChI=1S/C22H29BrN2O2S/c1-15-2-3-18(28-15)20(27)25-6-4-24(5-7-25)19(26)13-21-9-16-8-17(10-21)12-22(23,11-16)14-21/h2-3,16-17H,4-14H2,1H3. The summed E-state index contributed by atoms with van der Waals surface area (Å²) in [6.07, 6.45) is 8.38. The molecule has 2 heterocycles. The van der Waals surface area contributed by atoms with Crippen LogP contribution in [0.25, 0.3) is 0 Å². The van der Waals surface area contributed by atoms with E-state index < -0.39 is 0 Å². The van der Waals surface area contributed by atoms with Crippen LogP contribution in [0.2, 0.25) is 0 Å². The average Bonchev–Trinajstić information content (AvgIpc) is 3.05. The van der Waals surface area contributed by atoms with Crippen molar-refractivity contribution in [3.8, 4) is 0 Å². The van der Waals surface area contributed by atoms with Gasteiger partial charge in [-0.25, -0.2) is 0 Å². The minimum absolute atomic E-state index is 0.118. The van der Waals surface area contributed by atoms with Crippen molar-refractivity contribution in [2.24, 2.45) is 17.3 Å². The Morgan fingerprint density at radius 2 is 1.71 bits per heavy atom. The second-order valence-corrected chi connectivity index (χ2v) is 12.8. The molecule has 5 aliphatic rings. The Hall–Kier alpha value is -0.880. The number of hydrogen-bond donors (Lipinski definition) is 0. The summed E-state index contributed by atoms with van der Waals surface area (Å²) in [5.41, 5.74) is 0.228. The normalized spacial score (nSPS) is 36.8. The van der Waals surface area contributed by atoms with Crippen LogP contribution in [-0.2, 0) is 4.79 Å². The third kappa shape index (κ3) is 3.45. The Bertz CT molecular complexity index is 784. The minimum atomic E-state index is 0.118. The predicted octanol–water partition coefficient (Wildman–Crippen LogP) is 4.46. The lowest BCUT2D eigenvalue weighted by atomic mass is 9.48. The summed E-state index contributed by atoms with van der Waals surface area (Å²) in [7, 11) is 0. The first-order chi connectivity index (χ1) is 13.3. The van der Waals surface area contributed by atoms with Gasteiger partial charge in [0.15, 0.2) is 0 Å². The lowest BCUT2D eigenvalue weighted by molar-refractivity contribution is -0.139. The van der Waals surface area contributed by atoms with Gasteiger partial charge in [-0.15, -0.1) is 11.3 Å². The summed E-state index contributed by atoms with van der Waals surface area (Å²) in [5.74, 6) is 2.07. The zero-order chi connectivity index (χ0) is 19.5. The number of alkyl halides is 1. The van der Waals surface area contributed by atoms with E-state index in [1.807, 2.05) is 28.9 Å². The molecule has 4 bridgehead atoms. The van der Waals surface area contributed by atoms with E-state index in [9.17, 15) is 9.59 Å². The summed E-state index contributed by atoms with van der Waals surface area (Å²) >= 11 is 5.61. The summed E-state index contributed by atoms with van der Waals surface area (Å²) < 4.78 is 0.307. The number of aryl methyl sites for hydroxylation is 1. The van der Waals surface area contributed by atoms with Crippen LogP contribution in [0, 0.1) is 24.2 Å². The Balaban J connectivity index is 1.19. The summed E-state index contributed by atoms with van der Waals surface area (Å²) in [6, 6.07) is 3.92. The zero-order valence-electron chi connectivity index (χ0n) is 16.6. The first-order valence-corrected chi connectivity index (χ1v) is 12.3. The molecular weight excluding hydrogens is 436 g/mol. The van der Waals surface area contributed by atoms with Gasteiger partial charge in [-0.1, -0.05) is 15.9 Å². The lowest BCUT2D eigenvalue weighted by Crippen LogP contribution is -2.55. The minimum Gasteiger partial charge on any atom is -0.339 e. The van der Waals surface area contributed by atoms with E-state index in [0.717, 1.165) is 21.6 Å². The molecule has 2 atom stereocenters. The molecule has 1 aromatic heterocycles. The highest BCUT2D eigenvalue weighted by Crippen LogP contribution is 2.65. The van der Waals surface area contributed by atoms with E-state index in [-0.39, 0.29) is 11.3 Å². The number of carbonyl (C=O) groups is 2. The van der Waals surface area contributed by atoms with Gasteiger partial charge in [0.05, 0.1) is 4.88 Å². The molecule has 28 heavy (non-hydrogen) atoms. The maximum Gasteiger partial charge on any atom is 0.264 e. The summed E-state index contributed by atoms with van der Waals surface area (Å²) in [4.78, 5) is 31.7. The summed E-state index contributed by atoms with van der Waals surface area (Å²) in [6.45, 7) is 4.69. The van der Waals surface area contributed by atoms with Crippen LogP contribution in [0.4, 0.5) is 0 Å². The van der Waals surface area contributed by atoms with Crippen LogP contribution in [0.1, 0.15) is 59.5 Å². The molecule has 6 rings (SSSR count). The van der Waals surface area contributed by atoms with Crippen molar-refractivity contribution in [1.82, 2.24) is 9.80 Å². The fourth-order valence-electron chi connectivity index (χ4n) is 6.84. The van der Waals surface area contributed by atoms with Crippen molar-refractivity contribution in [2.75, 3.05) is 26.2 Å². The van der Waals surface area contributed by atoms with Crippen molar-refractivity contribution in [3.05, 3.63) is 21.9 Å². The van der Waals surface area contributed by atoms with Crippen LogP contribution in [0.5, 0.6) is 0 Å². The van der Waals surface area contributed by atoms with Gasteiger partial charge >= 0.3 is 0 Å². The van der Waals surface area contributed by atoms with Crippen molar-refractivity contribution in [3.63, 3.8) is 0 Å². The number of nitrogens with zero attached hydrogens (tertiary/aromatic N) is 2. The Kier molecular flexibility index (Phi) is 4.66. The smallest absolute Gasteiger partial charge is 0.264 e. The molecule has 4 saturated carbocycles. The highest BCUT2D eigenvalue weighted by molar-refractivity contribution is 9.10. The second-order valence-electron chi connectivity index (χ2n) is 9.87. The Morgan fingerprint density at radius 3 is 2.29 bits per heavy atom. The molecule has 4 aliphatic carbocycles. The van der Waals surface area contributed by atoms with Crippen molar-refractivity contribution < 1.29 is 9.59 Å².